The highest BCUT2D eigenvalue weighted by Gasteiger charge is 2.22. The molecule has 0 spiro atoms. The van der Waals surface area contributed by atoms with Crippen LogP contribution in [0.5, 0.6) is 0 Å². The molecule has 0 aromatic heterocycles. The minimum Gasteiger partial charge on any atom is -0.366 e. The number of rotatable bonds is 4. The van der Waals surface area contributed by atoms with E-state index in [0.717, 1.165) is 25.9 Å². The second kappa shape index (κ2) is 6.00. The zero-order valence-electron chi connectivity index (χ0n) is 10.8. The Hall–Kier alpha value is -2.64. The van der Waals surface area contributed by atoms with Crippen LogP contribution in [-0.2, 0) is 0 Å². The third kappa shape index (κ3) is 3.22. The average Bonchev–Trinajstić information content (AvgIpc) is 2.92. The van der Waals surface area contributed by atoms with Crippen molar-refractivity contribution < 1.29 is 9.72 Å². The van der Waals surface area contributed by atoms with Crippen molar-refractivity contribution in [3.8, 4) is 0 Å². The minimum absolute atomic E-state index is 0.0370. The first-order valence-corrected chi connectivity index (χ1v) is 6.20. The second-order valence-corrected chi connectivity index (χ2v) is 4.43. The highest BCUT2D eigenvalue weighted by atomic mass is 16.6. The predicted octanol–water partition coefficient (Wildman–Crippen LogP) is 1.20. The Morgan fingerprint density at radius 2 is 2.15 bits per heavy atom. The number of urea groups is 1. The quantitative estimate of drug-likeness (QED) is 0.489. The summed E-state index contributed by atoms with van der Waals surface area (Å²) in [5.74, 6) is 0. The molecule has 8 heteroatoms. The normalized spacial score (nSPS) is 14.7. The maximum absolute atomic E-state index is 11.2. The number of carbonyl (C=O) groups is 1. The van der Waals surface area contributed by atoms with Crippen LogP contribution in [-0.4, -0.2) is 30.3 Å². The smallest absolute Gasteiger partial charge is 0.332 e. The summed E-state index contributed by atoms with van der Waals surface area (Å²) < 4.78 is 0. The fraction of sp³-hybridized carbons (Fsp3) is 0.333. The first kappa shape index (κ1) is 13.8. The summed E-state index contributed by atoms with van der Waals surface area (Å²) in [5, 5.41) is 14.7. The molecule has 2 rings (SSSR count). The van der Waals surface area contributed by atoms with Gasteiger partial charge in [-0.1, -0.05) is 6.07 Å². The molecule has 3 N–H and O–H groups in total. The Kier molecular flexibility index (Phi) is 4.14. The second-order valence-electron chi connectivity index (χ2n) is 4.43. The summed E-state index contributed by atoms with van der Waals surface area (Å²) in [6, 6.07) is 4.06. The zero-order valence-corrected chi connectivity index (χ0v) is 10.8. The van der Waals surface area contributed by atoms with E-state index in [1.54, 1.807) is 12.1 Å². The zero-order chi connectivity index (χ0) is 14.5. The van der Waals surface area contributed by atoms with E-state index in [2.05, 4.69) is 5.10 Å². The highest BCUT2D eigenvalue weighted by molar-refractivity contribution is 5.84. The van der Waals surface area contributed by atoms with Crippen molar-refractivity contribution in [2.24, 2.45) is 10.8 Å². The molecule has 1 heterocycles. The van der Waals surface area contributed by atoms with Gasteiger partial charge in [-0.25, -0.2) is 10.2 Å². The number of nitrogens with two attached hydrogens (primary N) is 1. The maximum Gasteiger partial charge on any atom is 0.332 e. The molecule has 0 unspecified atom stereocenters. The van der Waals surface area contributed by atoms with Crippen molar-refractivity contribution in [2.45, 2.75) is 12.8 Å². The number of primary amides is 1. The number of nitro groups is 1. The molecular formula is C12H15N5O3. The number of hydrogen-bond donors (Lipinski definition) is 2. The Morgan fingerprint density at radius 1 is 1.45 bits per heavy atom. The van der Waals surface area contributed by atoms with Gasteiger partial charge in [-0.3, -0.25) is 10.1 Å². The van der Waals surface area contributed by atoms with Crippen LogP contribution in [0.2, 0.25) is 0 Å². The lowest BCUT2D eigenvalue weighted by Gasteiger charge is -2.17. The van der Waals surface area contributed by atoms with Gasteiger partial charge in [-0.05, 0) is 18.9 Å². The summed E-state index contributed by atoms with van der Waals surface area (Å²) in [5.41, 5.74) is 8.08. The van der Waals surface area contributed by atoms with Gasteiger partial charge in [0.05, 0.1) is 11.1 Å². The molecule has 1 aliphatic rings. The SMILES string of the molecule is NC(=O)NN=Cc1ccc(N2CCCC2)c([N+](=O)[O-])c1. The minimum atomic E-state index is -0.788. The van der Waals surface area contributed by atoms with Crippen molar-refractivity contribution in [3.63, 3.8) is 0 Å². The van der Waals surface area contributed by atoms with Gasteiger partial charge in [-0.2, -0.15) is 5.10 Å². The molecule has 0 saturated carbocycles. The molecule has 2 amide bonds. The summed E-state index contributed by atoms with van der Waals surface area (Å²) in [4.78, 5) is 23.2. The topological polar surface area (TPSA) is 114 Å². The van der Waals surface area contributed by atoms with E-state index in [1.165, 1.54) is 12.3 Å². The van der Waals surface area contributed by atoms with Gasteiger partial charge in [0.1, 0.15) is 5.69 Å². The standard InChI is InChI=1S/C12H15N5O3/c13-12(18)15-14-8-9-3-4-10(11(7-9)17(19)20)16-5-1-2-6-16/h3-4,7-8H,1-2,5-6H2,(H3,13,15,18). The summed E-state index contributed by atoms with van der Waals surface area (Å²) in [6.07, 6.45) is 3.40. The van der Waals surface area contributed by atoms with E-state index in [9.17, 15) is 14.9 Å². The summed E-state index contributed by atoms with van der Waals surface area (Å²) in [6.45, 7) is 1.66. The van der Waals surface area contributed by atoms with E-state index in [-0.39, 0.29) is 5.69 Å². The number of carbonyl (C=O) groups excluding carboxylic acids is 1. The monoisotopic (exact) mass is 277 g/mol. The van der Waals surface area contributed by atoms with Gasteiger partial charge < -0.3 is 10.6 Å². The van der Waals surface area contributed by atoms with Crippen molar-refractivity contribution >= 4 is 23.6 Å². The van der Waals surface area contributed by atoms with Crippen molar-refractivity contribution in [1.82, 2.24) is 5.43 Å². The average molecular weight is 277 g/mol. The fourth-order valence-electron chi connectivity index (χ4n) is 2.16. The number of hydrogen-bond acceptors (Lipinski definition) is 5. The molecule has 1 aromatic rings. The predicted molar refractivity (Wildman–Crippen MR) is 74.9 cm³/mol. The van der Waals surface area contributed by atoms with Gasteiger partial charge in [0.25, 0.3) is 5.69 Å². The number of nitrogens with one attached hydrogen (secondary N) is 1. The number of anilines is 1. The van der Waals surface area contributed by atoms with Crippen LogP contribution in [0.15, 0.2) is 23.3 Å². The largest absolute Gasteiger partial charge is 0.366 e. The highest BCUT2D eigenvalue weighted by Crippen LogP contribution is 2.31. The molecule has 106 valence electrons. The molecule has 1 aromatic carbocycles. The van der Waals surface area contributed by atoms with E-state index >= 15 is 0 Å². The summed E-state index contributed by atoms with van der Waals surface area (Å²) in [7, 11) is 0. The lowest BCUT2D eigenvalue weighted by molar-refractivity contribution is -0.384. The molecule has 1 aliphatic heterocycles. The van der Waals surface area contributed by atoms with E-state index in [0.29, 0.717) is 11.3 Å². The third-order valence-corrected chi connectivity index (χ3v) is 3.03. The first-order chi connectivity index (χ1) is 9.58. The molecule has 0 atom stereocenters. The number of hydrazone groups is 1. The Labute approximate surface area is 115 Å². The summed E-state index contributed by atoms with van der Waals surface area (Å²) >= 11 is 0. The Balaban J connectivity index is 2.25. The molecule has 8 nitrogen and oxygen atoms in total. The van der Waals surface area contributed by atoms with Gasteiger partial charge in [0, 0.05) is 24.7 Å². The Bertz CT molecular complexity index is 552. The number of amides is 2. The number of nitro benzene ring substituents is 1. The lowest BCUT2D eigenvalue weighted by atomic mass is 10.1. The third-order valence-electron chi connectivity index (χ3n) is 3.03. The van der Waals surface area contributed by atoms with E-state index in [1.807, 2.05) is 10.3 Å². The van der Waals surface area contributed by atoms with Crippen molar-refractivity contribution in [2.75, 3.05) is 18.0 Å². The van der Waals surface area contributed by atoms with Gasteiger partial charge >= 0.3 is 6.03 Å². The van der Waals surface area contributed by atoms with Crippen molar-refractivity contribution in [1.29, 1.82) is 0 Å². The molecule has 1 saturated heterocycles. The molecule has 20 heavy (non-hydrogen) atoms. The molecule has 0 bridgehead atoms. The maximum atomic E-state index is 11.2. The van der Waals surface area contributed by atoms with Crippen LogP contribution in [0.25, 0.3) is 0 Å². The van der Waals surface area contributed by atoms with Crippen LogP contribution in [0.1, 0.15) is 18.4 Å². The van der Waals surface area contributed by atoms with Gasteiger partial charge in [0.15, 0.2) is 0 Å². The lowest BCUT2D eigenvalue weighted by Crippen LogP contribution is -2.24. The molecule has 0 aliphatic carbocycles. The fourth-order valence-corrected chi connectivity index (χ4v) is 2.16. The number of benzene rings is 1. The van der Waals surface area contributed by atoms with Crippen LogP contribution in [0.4, 0.5) is 16.2 Å². The van der Waals surface area contributed by atoms with E-state index in [4.69, 9.17) is 5.73 Å². The number of nitrogens with zero attached hydrogens (tertiary/aromatic N) is 3. The molecule has 0 radical (unpaired) electrons. The van der Waals surface area contributed by atoms with Crippen LogP contribution in [0, 0.1) is 10.1 Å². The van der Waals surface area contributed by atoms with Crippen LogP contribution >= 0.6 is 0 Å². The molecule has 1 fully saturated rings. The van der Waals surface area contributed by atoms with E-state index < -0.39 is 11.0 Å². The molecular weight excluding hydrogens is 262 g/mol. The van der Waals surface area contributed by atoms with Crippen LogP contribution in [0.3, 0.4) is 0 Å². The van der Waals surface area contributed by atoms with Crippen molar-refractivity contribution in [3.05, 3.63) is 33.9 Å². The van der Waals surface area contributed by atoms with Gasteiger partial charge in [-0.15, -0.1) is 0 Å². The Morgan fingerprint density at radius 3 is 2.75 bits per heavy atom. The van der Waals surface area contributed by atoms with Crippen LogP contribution < -0.4 is 16.1 Å². The first-order valence-electron chi connectivity index (χ1n) is 6.20. The van der Waals surface area contributed by atoms with Gasteiger partial charge in [0.2, 0.25) is 0 Å².